The maximum absolute atomic E-state index is 13.4. The molecule has 0 radical (unpaired) electrons. The van der Waals surface area contributed by atoms with Gasteiger partial charge in [-0.1, -0.05) is 28.1 Å². The smallest absolute Gasteiger partial charge is 0.124 e. The van der Waals surface area contributed by atoms with E-state index in [1.807, 2.05) is 37.3 Å². The fourth-order valence-electron chi connectivity index (χ4n) is 2.10. The van der Waals surface area contributed by atoms with Crippen LogP contribution in [0.2, 0.25) is 0 Å². The summed E-state index contributed by atoms with van der Waals surface area (Å²) in [7, 11) is 0. The summed E-state index contributed by atoms with van der Waals surface area (Å²) in [5.41, 5.74) is 8.05. The van der Waals surface area contributed by atoms with Gasteiger partial charge < -0.3 is 10.5 Å². The van der Waals surface area contributed by atoms with Crippen LogP contribution >= 0.6 is 15.9 Å². The normalized spacial score (nSPS) is 12.2. The van der Waals surface area contributed by atoms with Crippen molar-refractivity contribution in [2.75, 3.05) is 6.61 Å². The first kappa shape index (κ1) is 15.0. The van der Waals surface area contributed by atoms with Crippen LogP contribution in [0, 0.1) is 5.82 Å². The van der Waals surface area contributed by atoms with Crippen molar-refractivity contribution in [3.63, 3.8) is 0 Å². The van der Waals surface area contributed by atoms with Crippen molar-refractivity contribution < 1.29 is 9.13 Å². The van der Waals surface area contributed by atoms with Gasteiger partial charge in [0.25, 0.3) is 0 Å². The summed E-state index contributed by atoms with van der Waals surface area (Å²) in [6.45, 7) is 2.56. The Morgan fingerprint density at radius 1 is 1.25 bits per heavy atom. The van der Waals surface area contributed by atoms with Gasteiger partial charge in [0.2, 0.25) is 0 Å². The van der Waals surface area contributed by atoms with Gasteiger partial charge in [-0.05, 0) is 54.8 Å². The molecular formula is C16H17BrFNO. The Balaban J connectivity index is 2.14. The third-order valence-corrected chi connectivity index (χ3v) is 3.43. The second kappa shape index (κ2) is 6.86. The molecule has 0 heterocycles. The molecule has 0 amide bonds. The lowest BCUT2D eigenvalue weighted by Crippen LogP contribution is -2.13. The number of ether oxygens (including phenoxy) is 1. The molecule has 2 nitrogen and oxygen atoms in total. The zero-order valence-corrected chi connectivity index (χ0v) is 12.9. The van der Waals surface area contributed by atoms with E-state index < -0.39 is 0 Å². The topological polar surface area (TPSA) is 35.2 Å². The molecule has 0 aliphatic heterocycles. The van der Waals surface area contributed by atoms with E-state index in [1.165, 1.54) is 12.1 Å². The third-order valence-electron chi connectivity index (χ3n) is 2.98. The van der Waals surface area contributed by atoms with Crippen LogP contribution < -0.4 is 10.5 Å². The van der Waals surface area contributed by atoms with Gasteiger partial charge in [0.15, 0.2) is 0 Å². The fraction of sp³-hybridized carbons (Fsp3) is 0.250. The summed E-state index contributed by atoms with van der Waals surface area (Å²) < 4.78 is 19.5. The summed E-state index contributed by atoms with van der Waals surface area (Å²) in [6, 6.07) is 12.4. The molecular weight excluding hydrogens is 321 g/mol. The van der Waals surface area contributed by atoms with Gasteiger partial charge in [0, 0.05) is 10.5 Å². The van der Waals surface area contributed by atoms with Crippen LogP contribution in [-0.4, -0.2) is 6.61 Å². The van der Waals surface area contributed by atoms with E-state index in [2.05, 4.69) is 15.9 Å². The van der Waals surface area contributed by atoms with Crippen molar-refractivity contribution in [3.8, 4) is 5.75 Å². The highest BCUT2D eigenvalue weighted by Gasteiger charge is 2.09. The number of rotatable bonds is 5. The number of hydrogen-bond acceptors (Lipinski definition) is 2. The van der Waals surface area contributed by atoms with Gasteiger partial charge in [0.1, 0.15) is 11.6 Å². The molecule has 0 aliphatic rings. The molecule has 0 saturated carbocycles. The molecule has 0 fully saturated rings. The van der Waals surface area contributed by atoms with Crippen molar-refractivity contribution in [1.82, 2.24) is 0 Å². The zero-order valence-electron chi connectivity index (χ0n) is 11.3. The van der Waals surface area contributed by atoms with E-state index in [1.54, 1.807) is 0 Å². The Morgan fingerprint density at radius 2 is 2.05 bits per heavy atom. The summed E-state index contributed by atoms with van der Waals surface area (Å²) >= 11 is 3.29. The Labute approximate surface area is 126 Å². The SMILES string of the molecule is CCOc1cccc(C(N)Cc2cc(F)cc(Br)c2)c1. The molecule has 4 heteroatoms. The molecule has 0 spiro atoms. The monoisotopic (exact) mass is 337 g/mol. The van der Waals surface area contributed by atoms with Crippen molar-refractivity contribution in [2.45, 2.75) is 19.4 Å². The first-order chi connectivity index (χ1) is 9.58. The van der Waals surface area contributed by atoms with E-state index in [-0.39, 0.29) is 11.9 Å². The molecule has 1 atom stereocenters. The summed E-state index contributed by atoms with van der Waals surface area (Å²) in [5.74, 6) is 0.547. The molecule has 0 bridgehead atoms. The second-order valence-corrected chi connectivity index (χ2v) is 5.51. The second-order valence-electron chi connectivity index (χ2n) is 4.59. The van der Waals surface area contributed by atoms with Gasteiger partial charge >= 0.3 is 0 Å². The number of halogens is 2. The average molecular weight is 338 g/mol. The predicted octanol–water partition coefficient (Wildman–Crippen LogP) is 4.23. The molecule has 1 unspecified atom stereocenters. The predicted molar refractivity (Wildman–Crippen MR) is 82.3 cm³/mol. The fourth-order valence-corrected chi connectivity index (χ4v) is 2.61. The highest BCUT2D eigenvalue weighted by Crippen LogP contribution is 2.23. The first-order valence-corrected chi connectivity index (χ1v) is 7.31. The van der Waals surface area contributed by atoms with Gasteiger partial charge in [-0.3, -0.25) is 0 Å². The van der Waals surface area contributed by atoms with Crippen LogP contribution in [0.1, 0.15) is 24.1 Å². The Morgan fingerprint density at radius 3 is 2.75 bits per heavy atom. The lowest BCUT2D eigenvalue weighted by Gasteiger charge is -2.14. The van der Waals surface area contributed by atoms with E-state index in [0.29, 0.717) is 13.0 Å². The Bertz CT molecular complexity index is 568. The first-order valence-electron chi connectivity index (χ1n) is 6.52. The van der Waals surface area contributed by atoms with Crippen molar-refractivity contribution in [1.29, 1.82) is 0 Å². The molecule has 0 saturated heterocycles. The maximum atomic E-state index is 13.4. The largest absolute Gasteiger partial charge is 0.494 e. The van der Waals surface area contributed by atoms with Crippen LogP contribution in [0.4, 0.5) is 4.39 Å². The van der Waals surface area contributed by atoms with Gasteiger partial charge in [-0.25, -0.2) is 4.39 Å². The average Bonchev–Trinajstić information content (AvgIpc) is 2.38. The van der Waals surface area contributed by atoms with Crippen LogP contribution in [0.3, 0.4) is 0 Å². The zero-order chi connectivity index (χ0) is 14.5. The highest BCUT2D eigenvalue weighted by atomic mass is 79.9. The van der Waals surface area contributed by atoms with Crippen molar-refractivity contribution in [2.24, 2.45) is 5.73 Å². The van der Waals surface area contributed by atoms with Crippen molar-refractivity contribution in [3.05, 3.63) is 63.9 Å². The highest BCUT2D eigenvalue weighted by molar-refractivity contribution is 9.10. The van der Waals surface area contributed by atoms with E-state index >= 15 is 0 Å². The Kier molecular flexibility index (Phi) is 5.15. The van der Waals surface area contributed by atoms with Gasteiger partial charge in [-0.15, -0.1) is 0 Å². The minimum atomic E-state index is -0.260. The van der Waals surface area contributed by atoms with Crippen LogP contribution in [0.25, 0.3) is 0 Å². The van der Waals surface area contributed by atoms with Gasteiger partial charge in [0.05, 0.1) is 6.61 Å². The maximum Gasteiger partial charge on any atom is 0.124 e. The molecule has 2 N–H and O–H groups in total. The summed E-state index contributed by atoms with van der Waals surface area (Å²) in [5, 5.41) is 0. The van der Waals surface area contributed by atoms with E-state index in [0.717, 1.165) is 21.3 Å². The minimum Gasteiger partial charge on any atom is -0.494 e. The summed E-state index contributed by atoms with van der Waals surface area (Å²) in [6.07, 6.45) is 0.575. The molecule has 0 aromatic heterocycles. The molecule has 2 rings (SSSR count). The number of nitrogens with two attached hydrogens (primary N) is 1. The third kappa shape index (κ3) is 4.05. The standard InChI is InChI=1S/C16H17BrFNO/c1-2-20-15-5-3-4-12(9-15)16(19)8-11-6-13(17)10-14(18)7-11/h3-7,9-10,16H,2,8,19H2,1H3. The molecule has 106 valence electrons. The van der Waals surface area contributed by atoms with E-state index in [9.17, 15) is 4.39 Å². The van der Waals surface area contributed by atoms with E-state index in [4.69, 9.17) is 10.5 Å². The lowest BCUT2D eigenvalue weighted by molar-refractivity contribution is 0.339. The molecule has 20 heavy (non-hydrogen) atoms. The minimum absolute atomic E-state index is 0.191. The number of hydrogen-bond donors (Lipinski definition) is 1. The van der Waals surface area contributed by atoms with Crippen molar-refractivity contribution >= 4 is 15.9 Å². The van der Waals surface area contributed by atoms with Crippen LogP contribution in [-0.2, 0) is 6.42 Å². The Hall–Kier alpha value is -1.39. The molecule has 0 aliphatic carbocycles. The van der Waals surface area contributed by atoms with Crippen LogP contribution in [0.15, 0.2) is 46.9 Å². The van der Waals surface area contributed by atoms with Gasteiger partial charge in [-0.2, -0.15) is 0 Å². The quantitative estimate of drug-likeness (QED) is 0.886. The molecule has 2 aromatic rings. The lowest BCUT2D eigenvalue weighted by atomic mass is 9.99. The van der Waals surface area contributed by atoms with Crippen LogP contribution in [0.5, 0.6) is 5.75 Å². The molecule has 2 aromatic carbocycles. The summed E-state index contributed by atoms with van der Waals surface area (Å²) in [4.78, 5) is 0. The number of benzene rings is 2.